The zero-order valence-electron chi connectivity index (χ0n) is 19.2. The molecule has 9 heteroatoms. The van der Waals surface area contributed by atoms with Crippen molar-refractivity contribution in [2.45, 2.75) is 44.9 Å². The summed E-state index contributed by atoms with van der Waals surface area (Å²) in [6.07, 6.45) is 2.72. The van der Waals surface area contributed by atoms with Crippen molar-refractivity contribution >= 4 is 26.8 Å². The Balaban J connectivity index is 1.87. The Hall–Kier alpha value is -2.23. The van der Waals surface area contributed by atoms with E-state index in [1.54, 1.807) is 6.07 Å². The Morgan fingerprint density at radius 1 is 1.16 bits per heavy atom. The molecule has 8 nitrogen and oxygen atoms in total. The molecule has 2 heterocycles. The average molecular weight is 463 g/mol. The van der Waals surface area contributed by atoms with Crippen LogP contribution < -0.4 is 10.9 Å². The molecule has 0 spiro atoms. The van der Waals surface area contributed by atoms with Crippen LogP contribution in [0.2, 0.25) is 0 Å². The molecule has 0 saturated carbocycles. The lowest BCUT2D eigenvalue weighted by Crippen LogP contribution is -2.36. The summed E-state index contributed by atoms with van der Waals surface area (Å²) in [5.41, 5.74) is 0.233. The largest absolute Gasteiger partial charge is 0.352 e. The van der Waals surface area contributed by atoms with Gasteiger partial charge in [-0.15, -0.1) is 0 Å². The fraction of sp³-hybridized carbons (Fsp3) is 0.565. The van der Waals surface area contributed by atoms with Crippen LogP contribution >= 0.6 is 0 Å². The van der Waals surface area contributed by atoms with Crippen LogP contribution in [0, 0.1) is 5.92 Å². The van der Waals surface area contributed by atoms with Crippen molar-refractivity contribution in [3.63, 3.8) is 0 Å². The van der Waals surface area contributed by atoms with Crippen molar-refractivity contribution < 1.29 is 13.2 Å². The molecule has 1 fully saturated rings. The molecule has 176 valence electrons. The molecule has 0 bridgehead atoms. The summed E-state index contributed by atoms with van der Waals surface area (Å²) in [4.78, 5) is 30.2. The summed E-state index contributed by atoms with van der Waals surface area (Å²) in [5, 5.41) is 3.34. The first-order valence-corrected chi connectivity index (χ1v) is 12.9. The lowest BCUT2D eigenvalue weighted by Gasteiger charge is -2.26. The normalized spacial score (nSPS) is 16.4. The van der Waals surface area contributed by atoms with Gasteiger partial charge in [0.25, 0.3) is 5.91 Å². The van der Waals surface area contributed by atoms with E-state index in [1.165, 1.54) is 22.5 Å². The second-order valence-electron chi connectivity index (χ2n) is 8.52. The standard InChI is InChI=1S/C23H34N4O4S/c1-4-26(5-2)16-17(3)15-24-23(29)20-14-22(28)25-21-10-9-18(13-19(20)21)32(30,31)27-11-7-6-8-12-27/h9-10,13-14,17H,4-8,11-12,15-16H2,1-3H3,(H,24,29)(H,25,28). The SMILES string of the molecule is CCN(CC)CC(C)CNC(=O)c1cc(=O)[nH]c2ccc(S(=O)(=O)N3CCCCC3)cc12. The number of benzene rings is 1. The number of aromatic amines is 1. The van der Waals surface area contributed by atoms with E-state index in [0.717, 1.165) is 38.9 Å². The molecule has 32 heavy (non-hydrogen) atoms. The maximum atomic E-state index is 13.1. The molecule has 1 unspecified atom stereocenters. The van der Waals surface area contributed by atoms with Crippen LogP contribution in [0.1, 0.15) is 50.4 Å². The first-order chi connectivity index (χ1) is 15.3. The summed E-state index contributed by atoms with van der Waals surface area (Å²) in [7, 11) is -3.65. The minimum atomic E-state index is -3.65. The van der Waals surface area contributed by atoms with Crippen LogP contribution in [0.25, 0.3) is 10.9 Å². The van der Waals surface area contributed by atoms with Crippen LogP contribution in [0.15, 0.2) is 34.0 Å². The molecule has 1 saturated heterocycles. The highest BCUT2D eigenvalue weighted by molar-refractivity contribution is 7.89. The molecule has 0 aliphatic carbocycles. The van der Waals surface area contributed by atoms with Gasteiger partial charge in [0.05, 0.1) is 10.5 Å². The molecule has 1 aromatic heterocycles. The Morgan fingerprint density at radius 2 is 1.84 bits per heavy atom. The van der Waals surface area contributed by atoms with E-state index < -0.39 is 15.6 Å². The van der Waals surface area contributed by atoms with E-state index >= 15 is 0 Å². The molecule has 2 aromatic rings. The molecule has 2 N–H and O–H groups in total. The van der Waals surface area contributed by atoms with E-state index in [0.29, 0.717) is 30.5 Å². The maximum Gasteiger partial charge on any atom is 0.252 e. The molecule has 1 aliphatic rings. The zero-order valence-corrected chi connectivity index (χ0v) is 20.0. The number of pyridine rings is 1. The zero-order chi connectivity index (χ0) is 23.3. The van der Waals surface area contributed by atoms with Crippen LogP contribution in [0.4, 0.5) is 0 Å². The van der Waals surface area contributed by atoms with Gasteiger partial charge in [0.15, 0.2) is 0 Å². The Kier molecular flexibility index (Phi) is 8.08. The molecule has 1 aromatic carbocycles. The minimum Gasteiger partial charge on any atom is -0.352 e. The van der Waals surface area contributed by atoms with Gasteiger partial charge < -0.3 is 15.2 Å². The smallest absolute Gasteiger partial charge is 0.252 e. The average Bonchev–Trinajstić information content (AvgIpc) is 2.80. The van der Waals surface area contributed by atoms with Crippen LogP contribution in [0.5, 0.6) is 0 Å². The molecule has 1 amide bonds. The van der Waals surface area contributed by atoms with E-state index in [-0.39, 0.29) is 22.3 Å². The van der Waals surface area contributed by atoms with Crippen molar-refractivity contribution in [2.24, 2.45) is 5.92 Å². The van der Waals surface area contributed by atoms with Crippen LogP contribution in [-0.4, -0.2) is 67.8 Å². The Morgan fingerprint density at radius 3 is 2.50 bits per heavy atom. The lowest BCUT2D eigenvalue weighted by atomic mass is 10.1. The number of sulfonamides is 1. The van der Waals surface area contributed by atoms with E-state index in [2.05, 4.69) is 36.0 Å². The molecule has 1 atom stereocenters. The number of hydrogen-bond donors (Lipinski definition) is 2. The molecule has 0 radical (unpaired) electrons. The van der Waals surface area contributed by atoms with Gasteiger partial charge >= 0.3 is 0 Å². The first kappa shape index (κ1) is 24.4. The highest BCUT2D eigenvalue weighted by Gasteiger charge is 2.26. The molecule has 3 rings (SSSR count). The third-order valence-corrected chi connectivity index (χ3v) is 7.98. The number of nitrogens with one attached hydrogen (secondary N) is 2. The Labute approximate surface area is 190 Å². The second kappa shape index (κ2) is 10.6. The lowest BCUT2D eigenvalue weighted by molar-refractivity contribution is 0.0946. The number of carbonyl (C=O) groups excluding carboxylic acids is 1. The number of hydrogen-bond acceptors (Lipinski definition) is 5. The van der Waals surface area contributed by atoms with Crippen LogP contribution in [0.3, 0.4) is 0 Å². The van der Waals surface area contributed by atoms with Crippen LogP contribution in [-0.2, 0) is 10.0 Å². The highest BCUT2D eigenvalue weighted by Crippen LogP contribution is 2.25. The van der Waals surface area contributed by atoms with Crippen molar-refractivity contribution in [1.82, 2.24) is 19.5 Å². The Bertz CT molecular complexity index is 1100. The van der Waals surface area contributed by atoms with E-state index in [1.807, 2.05) is 0 Å². The maximum absolute atomic E-state index is 13.1. The second-order valence-corrected chi connectivity index (χ2v) is 10.5. The van der Waals surface area contributed by atoms with Crippen molar-refractivity contribution in [3.05, 3.63) is 40.2 Å². The number of rotatable bonds is 9. The van der Waals surface area contributed by atoms with Crippen molar-refractivity contribution in [2.75, 3.05) is 39.3 Å². The fourth-order valence-corrected chi connectivity index (χ4v) is 5.73. The number of amides is 1. The van der Waals surface area contributed by atoms with Gasteiger partial charge in [-0.2, -0.15) is 4.31 Å². The number of piperidine rings is 1. The molecule has 1 aliphatic heterocycles. The molecular weight excluding hydrogens is 428 g/mol. The van der Waals surface area contributed by atoms with E-state index in [4.69, 9.17) is 0 Å². The van der Waals surface area contributed by atoms with Gasteiger partial charge in [-0.3, -0.25) is 9.59 Å². The number of fused-ring (bicyclic) bond motifs is 1. The topological polar surface area (TPSA) is 103 Å². The molecular formula is C23H34N4O4S. The third kappa shape index (κ3) is 5.57. The summed E-state index contributed by atoms with van der Waals surface area (Å²) in [6, 6.07) is 5.80. The van der Waals surface area contributed by atoms with Crippen molar-refractivity contribution in [1.29, 1.82) is 0 Å². The van der Waals surface area contributed by atoms with Crippen molar-refractivity contribution in [3.8, 4) is 0 Å². The highest BCUT2D eigenvalue weighted by atomic mass is 32.2. The monoisotopic (exact) mass is 462 g/mol. The fourth-order valence-electron chi connectivity index (χ4n) is 4.18. The number of H-pyrrole nitrogens is 1. The van der Waals surface area contributed by atoms with Gasteiger partial charge in [0.1, 0.15) is 0 Å². The predicted octanol–water partition coefficient (Wildman–Crippen LogP) is 2.41. The first-order valence-electron chi connectivity index (χ1n) is 11.4. The third-order valence-electron chi connectivity index (χ3n) is 6.09. The predicted molar refractivity (Wildman–Crippen MR) is 126 cm³/mol. The number of aromatic nitrogens is 1. The van der Waals surface area contributed by atoms with E-state index in [9.17, 15) is 18.0 Å². The van der Waals surface area contributed by atoms with Gasteiger partial charge in [0, 0.05) is 43.1 Å². The number of carbonyl (C=O) groups is 1. The quantitative estimate of drug-likeness (QED) is 0.596. The number of nitrogens with zero attached hydrogens (tertiary/aromatic N) is 2. The van der Waals surface area contributed by atoms with Gasteiger partial charge in [-0.1, -0.05) is 27.2 Å². The summed E-state index contributed by atoms with van der Waals surface area (Å²) < 4.78 is 27.7. The summed E-state index contributed by atoms with van der Waals surface area (Å²) in [6.45, 7) is 10.5. The van der Waals surface area contributed by atoms with Gasteiger partial charge in [0.2, 0.25) is 15.6 Å². The minimum absolute atomic E-state index is 0.142. The van der Waals surface area contributed by atoms with Gasteiger partial charge in [-0.25, -0.2) is 8.42 Å². The summed E-state index contributed by atoms with van der Waals surface area (Å²) >= 11 is 0. The summed E-state index contributed by atoms with van der Waals surface area (Å²) in [5.74, 6) is -0.137. The van der Waals surface area contributed by atoms with Gasteiger partial charge in [-0.05, 0) is 50.0 Å².